The molecule has 0 aromatic rings. The van der Waals surface area contributed by atoms with Gasteiger partial charge in [0.25, 0.3) is 0 Å². The van der Waals surface area contributed by atoms with Crippen LogP contribution in [0.15, 0.2) is 12.7 Å². The van der Waals surface area contributed by atoms with E-state index in [0.717, 1.165) is 25.3 Å². The number of carbonyl (C=O) groups excluding carboxylic acids is 1. The fourth-order valence-corrected chi connectivity index (χ4v) is 4.69. The van der Waals surface area contributed by atoms with Gasteiger partial charge in [-0.1, -0.05) is 51.5 Å². The molecule has 0 aliphatic rings. The van der Waals surface area contributed by atoms with Gasteiger partial charge in [-0.15, -0.1) is 0 Å². The van der Waals surface area contributed by atoms with Crippen LogP contribution in [0, 0.1) is 0 Å². The highest BCUT2D eigenvalue weighted by molar-refractivity contribution is 6.60. The average molecular weight is 361 g/mol. The molecule has 24 heavy (non-hydrogen) atoms. The number of ether oxygens (including phenoxy) is 1. The molecule has 0 spiro atoms. The van der Waals surface area contributed by atoms with Crippen LogP contribution in [0.4, 0.5) is 0 Å². The van der Waals surface area contributed by atoms with E-state index in [2.05, 4.69) is 6.58 Å². The van der Waals surface area contributed by atoms with Crippen molar-refractivity contribution in [2.24, 2.45) is 0 Å². The minimum absolute atomic E-state index is 0.326. The summed E-state index contributed by atoms with van der Waals surface area (Å²) < 4.78 is 21.6. The average Bonchev–Trinajstić information content (AvgIpc) is 2.61. The van der Waals surface area contributed by atoms with Crippen LogP contribution in [-0.4, -0.2) is 42.2 Å². The lowest BCUT2D eigenvalue weighted by Gasteiger charge is -2.25. The Bertz CT molecular complexity index is 319. The zero-order chi connectivity index (χ0) is 18.1. The molecule has 0 radical (unpaired) electrons. The largest absolute Gasteiger partial charge is 0.500 e. The van der Waals surface area contributed by atoms with Crippen molar-refractivity contribution in [3.8, 4) is 0 Å². The van der Waals surface area contributed by atoms with Crippen LogP contribution in [-0.2, 0) is 22.8 Å². The summed E-state index contributed by atoms with van der Waals surface area (Å²) in [5, 5.41) is 0. The van der Waals surface area contributed by atoms with E-state index >= 15 is 0 Å². The van der Waals surface area contributed by atoms with Crippen molar-refractivity contribution < 1.29 is 22.8 Å². The van der Waals surface area contributed by atoms with Gasteiger partial charge in [0.05, 0.1) is 6.61 Å². The first-order chi connectivity index (χ1) is 11.6. The first-order valence-electron chi connectivity index (χ1n) is 9.17. The molecule has 0 saturated carbocycles. The van der Waals surface area contributed by atoms with Crippen LogP contribution in [0.2, 0.25) is 6.04 Å². The van der Waals surface area contributed by atoms with E-state index in [4.69, 9.17) is 18.0 Å². The Morgan fingerprint density at radius 1 is 0.917 bits per heavy atom. The van der Waals surface area contributed by atoms with Gasteiger partial charge in [0.2, 0.25) is 0 Å². The van der Waals surface area contributed by atoms with Gasteiger partial charge < -0.3 is 18.0 Å². The highest BCUT2D eigenvalue weighted by Gasteiger charge is 2.37. The van der Waals surface area contributed by atoms with Crippen LogP contribution in [0.5, 0.6) is 0 Å². The second kappa shape index (κ2) is 15.8. The molecule has 0 aliphatic heterocycles. The molecule has 6 heteroatoms. The summed E-state index contributed by atoms with van der Waals surface area (Å²) in [5.74, 6) is -0.326. The zero-order valence-corrected chi connectivity index (χ0v) is 16.8. The number of hydrogen-bond donors (Lipinski definition) is 0. The lowest BCUT2D eigenvalue weighted by Crippen LogP contribution is -2.43. The molecule has 0 saturated heterocycles. The van der Waals surface area contributed by atoms with Crippen molar-refractivity contribution in [3.63, 3.8) is 0 Å². The molecule has 0 bridgehead atoms. The normalized spacial score (nSPS) is 11.5. The van der Waals surface area contributed by atoms with Crippen LogP contribution in [0.25, 0.3) is 0 Å². The first kappa shape index (κ1) is 23.3. The van der Waals surface area contributed by atoms with Gasteiger partial charge in [-0.3, -0.25) is 0 Å². The maximum atomic E-state index is 10.8. The Morgan fingerprint density at radius 3 is 1.88 bits per heavy atom. The molecule has 0 aromatic carbocycles. The summed E-state index contributed by atoms with van der Waals surface area (Å²) in [6.07, 6.45) is 11.8. The minimum Gasteiger partial charge on any atom is -0.463 e. The third-order valence-electron chi connectivity index (χ3n) is 4.02. The summed E-state index contributed by atoms with van der Waals surface area (Å²) in [7, 11) is 0.978. The molecule has 0 atom stereocenters. The maximum absolute atomic E-state index is 10.8. The third-order valence-corrected chi connectivity index (χ3v) is 6.96. The summed E-state index contributed by atoms with van der Waals surface area (Å²) in [5.41, 5.74) is 0. The molecular formula is C18H36O5Si. The van der Waals surface area contributed by atoms with E-state index in [1.807, 2.05) is 6.92 Å². The topological polar surface area (TPSA) is 54.0 Å². The fourth-order valence-electron chi connectivity index (χ4n) is 2.61. The number of hydrogen-bond acceptors (Lipinski definition) is 5. The highest BCUT2D eigenvalue weighted by atomic mass is 28.4. The molecule has 0 amide bonds. The van der Waals surface area contributed by atoms with Crippen molar-refractivity contribution in [1.29, 1.82) is 0 Å². The van der Waals surface area contributed by atoms with Gasteiger partial charge in [-0.05, 0) is 19.8 Å². The van der Waals surface area contributed by atoms with Crippen molar-refractivity contribution in [2.45, 2.75) is 70.8 Å². The minimum atomic E-state index is -2.39. The van der Waals surface area contributed by atoms with Crippen molar-refractivity contribution in [2.75, 3.05) is 27.4 Å². The van der Waals surface area contributed by atoms with Gasteiger partial charge in [0.15, 0.2) is 0 Å². The van der Waals surface area contributed by atoms with E-state index in [1.165, 1.54) is 44.6 Å². The van der Waals surface area contributed by atoms with E-state index in [9.17, 15) is 4.79 Å². The quantitative estimate of drug-likeness (QED) is 0.165. The summed E-state index contributed by atoms with van der Waals surface area (Å²) >= 11 is 0. The van der Waals surface area contributed by atoms with Crippen LogP contribution < -0.4 is 0 Å². The Kier molecular flexibility index (Phi) is 15.4. The van der Waals surface area contributed by atoms with Gasteiger partial charge in [-0.25, -0.2) is 4.79 Å². The SMILES string of the molecule is C=CC(=O)OCCCCCCCCCCC[Si](OC)(OC)OCC. The molecule has 0 N–H and O–H groups in total. The molecule has 0 rings (SSSR count). The van der Waals surface area contributed by atoms with E-state index in [1.54, 1.807) is 14.2 Å². The standard InChI is InChI=1S/C18H36O5Si/c1-5-18(19)22-16-14-12-10-8-7-9-11-13-15-17-24(20-3,21-4)23-6-2/h5H,1,6-17H2,2-4H3. The third kappa shape index (κ3) is 11.8. The van der Waals surface area contributed by atoms with Gasteiger partial charge in [0.1, 0.15) is 0 Å². The monoisotopic (exact) mass is 360 g/mol. The molecular weight excluding hydrogens is 324 g/mol. The van der Waals surface area contributed by atoms with Crippen molar-refractivity contribution in [1.82, 2.24) is 0 Å². The summed E-state index contributed by atoms with van der Waals surface area (Å²) in [6, 6.07) is 0.900. The maximum Gasteiger partial charge on any atom is 0.500 e. The summed E-state index contributed by atoms with van der Waals surface area (Å²) in [4.78, 5) is 10.8. The van der Waals surface area contributed by atoms with Gasteiger partial charge >= 0.3 is 14.8 Å². The summed E-state index contributed by atoms with van der Waals surface area (Å²) in [6.45, 7) is 6.49. The second-order valence-corrected chi connectivity index (χ2v) is 8.80. The molecule has 0 aliphatic carbocycles. The number of rotatable bonds is 17. The molecule has 142 valence electrons. The van der Waals surface area contributed by atoms with Gasteiger partial charge in [0, 0.05) is 32.9 Å². The molecule has 0 heterocycles. The smallest absolute Gasteiger partial charge is 0.463 e. The number of esters is 1. The first-order valence-corrected chi connectivity index (χ1v) is 11.1. The molecule has 0 aromatic heterocycles. The zero-order valence-electron chi connectivity index (χ0n) is 15.8. The number of unbranched alkanes of at least 4 members (excludes halogenated alkanes) is 8. The predicted octanol–water partition coefficient (Wildman–Crippen LogP) is 4.49. The lowest BCUT2D eigenvalue weighted by atomic mass is 10.1. The van der Waals surface area contributed by atoms with E-state index in [0.29, 0.717) is 13.2 Å². The van der Waals surface area contributed by atoms with Crippen LogP contribution >= 0.6 is 0 Å². The van der Waals surface area contributed by atoms with Crippen LogP contribution in [0.1, 0.15) is 64.7 Å². The van der Waals surface area contributed by atoms with Crippen molar-refractivity contribution in [3.05, 3.63) is 12.7 Å². The molecule has 0 fully saturated rings. The van der Waals surface area contributed by atoms with Gasteiger partial charge in [-0.2, -0.15) is 0 Å². The predicted molar refractivity (Wildman–Crippen MR) is 98.9 cm³/mol. The lowest BCUT2D eigenvalue weighted by molar-refractivity contribution is -0.137. The Balaban J connectivity index is 3.41. The number of carbonyl (C=O) groups is 1. The molecule has 0 unspecified atom stereocenters. The van der Waals surface area contributed by atoms with Crippen molar-refractivity contribution >= 4 is 14.8 Å². The molecule has 5 nitrogen and oxygen atoms in total. The van der Waals surface area contributed by atoms with Crippen LogP contribution in [0.3, 0.4) is 0 Å². The highest BCUT2D eigenvalue weighted by Crippen LogP contribution is 2.19. The second-order valence-electron chi connectivity index (χ2n) is 5.83. The van der Waals surface area contributed by atoms with E-state index in [-0.39, 0.29) is 5.97 Å². The Morgan fingerprint density at radius 2 is 1.42 bits per heavy atom. The fraction of sp³-hybridized carbons (Fsp3) is 0.833. The Labute approximate surface area is 149 Å². The Hall–Kier alpha value is -0.693. The van der Waals surface area contributed by atoms with E-state index < -0.39 is 8.80 Å².